The second kappa shape index (κ2) is 7.94. The van der Waals surface area contributed by atoms with Crippen LogP contribution in [0.5, 0.6) is 0 Å². The summed E-state index contributed by atoms with van der Waals surface area (Å²) in [5.41, 5.74) is 2.42. The number of rotatable bonds is 5. The Bertz CT molecular complexity index is 1160. The predicted molar refractivity (Wildman–Crippen MR) is 115 cm³/mol. The number of imide groups is 1. The Morgan fingerprint density at radius 1 is 0.844 bits per heavy atom. The van der Waals surface area contributed by atoms with Crippen molar-refractivity contribution in [3.63, 3.8) is 0 Å². The first-order valence-corrected chi connectivity index (χ1v) is 10.3. The second-order valence-corrected chi connectivity index (χ2v) is 7.83. The van der Waals surface area contributed by atoms with Gasteiger partial charge in [0.1, 0.15) is 5.92 Å². The van der Waals surface area contributed by atoms with E-state index in [4.69, 9.17) is 4.84 Å². The quantitative estimate of drug-likeness (QED) is 0.627. The van der Waals surface area contributed by atoms with Gasteiger partial charge < -0.3 is 5.11 Å². The summed E-state index contributed by atoms with van der Waals surface area (Å²) in [7, 11) is 0. The standard InChI is InChI=1S/C25H20N2O5/c28-23-20-21(17-11-13-18(14-12-17)25(30)31)27(19-9-5-2-6-10-19)32-22(20)24(29)26(23)15-16-7-3-1-4-8-16/h1-14,20-22H,15H2,(H,30,31)/t20-,21+,22+/m0/s1. The van der Waals surface area contributed by atoms with Crippen LogP contribution >= 0.6 is 0 Å². The van der Waals surface area contributed by atoms with Gasteiger partial charge in [0.2, 0.25) is 5.91 Å². The molecule has 0 unspecified atom stereocenters. The molecular weight excluding hydrogens is 408 g/mol. The summed E-state index contributed by atoms with van der Waals surface area (Å²) in [6.07, 6.45) is -0.935. The van der Waals surface area contributed by atoms with Gasteiger partial charge >= 0.3 is 5.97 Å². The smallest absolute Gasteiger partial charge is 0.335 e. The highest BCUT2D eigenvalue weighted by molar-refractivity contribution is 6.07. The third kappa shape index (κ3) is 3.33. The number of benzene rings is 3. The van der Waals surface area contributed by atoms with Crippen molar-refractivity contribution in [2.75, 3.05) is 5.06 Å². The Kier molecular flexibility index (Phi) is 4.95. The number of likely N-dealkylation sites (tertiary alicyclic amines) is 1. The summed E-state index contributed by atoms with van der Waals surface area (Å²) in [5.74, 6) is -2.43. The number of anilines is 1. The maximum Gasteiger partial charge on any atom is 0.335 e. The molecular formula is C25H20N2O5. The van der Waals surface area contributed by atoms with Gasteiger partial charge in [-0.1, -0.05) is 60.7 Å². The molecule has 7 nitrogen and oxygen atoms in total. The molecule has 2 aliphatic rings. The van der Waals surface area contributed by atoms with E-state index in [2.05, 4.69) is 0 Å². The Hall–Kier alpha value is -3.97. The van der Waals surface area contributed by atoms with Crippen LogP contribution in [0, 0.1) is 5.92 Å². The molecule has 7 heteroatoms. The number of hydrogen-bond acceptors (Lipinski definition) is 5. The van der Waals surface area contributed by atoms with E-state index < -0.39 is 24.0 Å². The molecule has 3 atom stereocenters. The van der Waals surface area contributed by atoms with E-state index >= 15 is 0 Å². The molecule has 2 amide bonds. The topological polar surface area (TPSA) is 87.2 Å². The third-order valence-electron chi connectivity index (χ3n) is 5.90. The highest BCUT2D eigenvalue weighted by Crippen LogP contribution is 2.46. The molecule has 2 fully saturated rings. The lowest BCUT2D eigenvalue weighted by molar-refractivity contribution is -0.143. The molecule has 32 heavy (non-hydrogen) atoms. The Morgan fingerprint density at radius 3 is 2.09 bits per heavy atom. The Balaban J connectivity index is 1.52. The van der Waals surface area contributed by atoms with Gasteiger partial charge in [0, 0.05) is 0 Å². The van der Waals surface area contributed by atoms with Crippen molar-refractivity contribution < 1.29 is 24.3 Å². The number of carboxylic acid groups (broad SMARTS) is 1. The van der Waals surface area contributed by atoms with Crippen molar-refractivity contribution in [1.29, 1.82) is 0 Å². The van der Waals surface area contributed by atoms with Crippen LogP contribution in [-0.2, 0) is 21.0 Å². The number of amides is 2. The monoisotopic (exact) mass is 428 g/mol. The van der Waals surface area contributed by atoms with E-state index in [0.717, 1.165) is 5.56 Å². The van der Waals surface area contributed by atoms with E-state index in [1.54, 1.807) is 17.2 Å². The maximum atomic E-state index is 13.4. The summed E-state index contributed by atoms with van der Waals surface area (Å²) in [5, 5.41) is 10.8. The number of nitrogens with zero attached hydrogens (tertiary/aromatic N) is 2. The number of hydroxylamine groups is 1. The van der Waals surface area contributed by atoms with Crippen molar-refractivity contribution in [2.45, 2.75) is 18.7 Å². The van der Waals surface area contributed by atoms with Gasteiger partial charge in [0.15, 0.2) is 6.10 Å². The zero-order valence-corrected chi connectivity index (χ0v) is 17.0. The van der Waals surface area contributed by atoms with Gasteiger partial charge in [-0.05, 0) is 35.4 Å². The van der Waals surface area contributed by atoms with Crippen molar-refractivity contribution in [1.82, 2.24) is 4.90 Å². The molecule has 2 heterocycles. The minimum atomic E-state index is -1.03. The average Bonchev–Trinajstić information content (AvgIpc) is 3.32. The van der Waals surface area contributed by atoms with Crippen LogP contribution in [-0.4, -0.2) is 33.9 Å². The molecule has 3 aromatic rings. The fourth-order valence-electron chi connectivity index (χ4n) is 4.35. The van der Waals surface area contributed by atoms with Gasteiger partial charge in [-0.3, -0.25) is 19.3 Å². The second-order valence-electron chi connectivity index (χ2n) is 7.83. The third-order valence-corrected chi connectivity index (χ3v) is 5.90. The van der Waals surface area contributed by atoms with Gasteiger partial charge in [-0.25, -0.2) is 9.86 Å². The predicted octanol–water partition coefficient (Wildman–Crippen LogP) is 3.43. The van der Waals surface area contributed by atoms with E-state index in [1.807, 2.05) is 60.7 Å². The minimum Gasteiger partial charge on any atom is -0.478 e. The van der Waals surface area contributed by atoms with Gasteiger partial charge in [-0.15, -0.1) is 0 Å². The molecule has 3 aromatic carbocycles. The molecule has 160 valence electrons. The Morgan fingerprint density at radius 2 is 1.47 bits per heavy atom. The summed E-state index contributed by atoms with van der Waals surface area (Å²) >= 11 is 0. The van der Waals surface area contributed by atoms with E-state index in [1.165, 1.54) is 17.0 Å². The van der Waals surface area contributed by atoms with Crippen molar-refractivity contribution in [3.05, 3.63) is 102 Å². The van der Waals surface area contributed by atoms with Crippen LogP contribution in [0.2, 0.25) is 0 Å². The van der Waals surface area contributed by atoms with Crippen LogP contribution in [0.25, 0.3) is 0 Å². The molecule has 5 rings (SSSR count). The van der Waals surface area contributed by atoms with Crippen LogP contribution < -0.4 is 5.06 Å². The van der Waals surface area contributed by atoms with E-state index in [-0.39, 0.29) is 23.9 Å². The number of aromatic carboxylic acids is 1. The number of hydrogen-bond donors (Lipinski definition) is 1. The first kappa shape index (κ1) is 20.0. The minimum absolute atomic E-state index is 0.148. The molecule has 0 spiro atoms. The van der Waals surface area contributed by atoms with Crippen molar-refractivity contribution >= 4 is 23.5 Å². The average molecular weight is 428 g/mol. The van der Waals surface area contributed by atoms with Crippen LogP contribution in [0.3, 0.4) is 0 Å². The normalized spacial score (nSPS) is 22.3. The highest BCUT2D eigenvalue weighted by atomic mass is 16.7. The van der Waals surface area contributed by atoms with Gasteiger partial charge in [0.25, 0.3) is 5.91 Å². The maximum absolute atomic E-state index is 13.4. The molecule has 0 bridgehead atoms. The highest BCUT2D eigenvalue weighted by Gasteiger charge is 2.59. The molecule has 0 aliphatic carbocycles. The molecule has 0 saturated carbocycles. The molecule has 1 N–H and O–H groups in total. The van der Waals surface area contributed by atoms with E-state index in [9.17, 15) is 19.5 Å². The lowest BCUT2D eigenvalue weighted by Crippen LogP contribution is -2.36. The molecule has 2 aliphatic heterocycles. The van der Waals surface area contributed by atoms with E-state index in [0.29, 0.717) is 11.3 Å². The van der Waals surface area contributed by atoms with Crippen molar-refractivity contribution in [2.24, 2.45) is 5.92 Å². The first-order valence-electron chi connectivity index (χ1n) is 10.3. The summed E-state index contributed by atoms with van der Waals surface area (Å²) in [6, 6.07) is 24.4. The van der Waals surface area contributed by atoms with Gasteiger partial charge in [-0.2, -0.15) is 0 Å². The van der Waals surface area contributed by atoms with Crippen LogP contribution in [0.15, 0.2) is 84.9 Å². The number of fused-ring (bicyclic) bond motifs is 1. The number of carboxylic acids is 1. The lowest BCUT2D eigenvalue weighted by atomic mass is 9.90. The molecule has 2 saturated heterocycles. The summed E-state index contributed by atoms with van der Waals surface area (Å²) in [6.45, 7) is 0.185. The fourth-order valence-corrected chi connectivity index (χ4v) is 4.35. The lowest BCUT2D eigenvalue weighted by Gasteiger charge is -2.28. The number of carbonyl (C=O) groups excluding carboxylic acids is 2. The summed E-state index contributed by atoms with van der Waals surface area (Å²) in [4.78, 5) is 45.2. The van der Waals surface area contributed by atoms with Crippen LogP contribution in [0.1, 0.15) is 27.5 Å². The molecule has 0 radical (unpaired) electrons. The SMILES string of the molecule is O=C(O)c1ccc([C@@H]2[C@@H]3C(=O)N(Cc4ccccc4)C(=O)[C@@H]3ON2c2ccccc2)cc1. The van der Waals surface area contributed by atoms with Crippen molar-refractivity contribution in [3.8, 4) is 0 Å². The number of carbonyl (C=O) groups is 3. The molecule has 0 aromatic heterocycles. The summed E-state index contributed by atoms with van der Waals surface area (Å²) < 4.78 is 0. The largest absolute Gasteiger partial charge is 0.478 e. The first-order chi connectivity index (χ1) is 15.5. The van der Waals surface area contributed by atoms with Crippen LogP contribution in [0.4, 0.5) is 5.69 Å². The zero-order chi connectivity index (χ0) is 22.2. The van der Waals surface area contributed by atoms with Gasteiger partial charge in [0.05, 0.1) is 23.8 Å². The Labute approximate surface area is 184 Å². The number of para-hydroxylation sites is 1. The fraction of sp³-hybridized carbons (Fsp3) is 0.160. The zero-order valence-electron chi connectivity index (χ0n) is 17.0.